The van der Waals surface area contributed by atoms with Gasteiger partial charge in [-0.25, -0.2) is 0 Å². The van der Waals surface area contributed by atoms with E-state index in [4.69, 9.17) is 10.5 Å². The molecule has 0 amide bonds. The highest BCUT2D eigenvalue weighted by molar-refractivity contribution is 5.87. The zero-order valence-corrected chi connectivity index (χ0v) is 12.9. The number of pyridine rings is 1. The number of rotatable bonds is 2. The van der Waals surface area contributed by atoms with Gasteiger partial charge in [0, 0.05) is 11.1 Å². The Morgan fingerprint density at radius 2 is 1.87 bits per heavy atom. The van der Waals surface area contributed by atoms with E-state index in [1.54, 1.807) is 7.11 Å². The van der Waals surface area contributed by atoms with Crippen molar-refractivity contribution in [3.05, 3.63) is 54.1 Å². The number of nitrogens with zero attached hydrogens (tertiary/aromatic N) is 3. The molecule has 0 fully saturated rings. The van der Waals surface area contributed by atoms with E-state index in [1.165, 1.54) is 10.9 Å². The third-order valence-electron chi connectivity index (χ3n) is 4.07. The summed E-state index contributed by atoms with van der Waals surface area (Å²) in [6.45, 7) is 2.08. The van der Waals surface area contributed by atoms with Gasteiger partial charge in [-0.15, -0.1) is 10.2 Å². The first-order valence-corrected chi connectivity index (χ1v) is 7.36. The fraction of sp³-hybridized carbons (Fsp3) is 0.111. The number of hydrogen-bond donors (Lipinski definition) is 1. The number of para-hydroxylation sites is 1. The second kappa shape index (κ2) is 4.98. The number of ether oxygens (including phenoxy) is 1. The van der Waals surface area contributed by atoms with E-state index in [-0.39, 0.29) is 0 Å². The van der Waals surface area contributed by atoms with Crippen LogP contribution < -0.4 is 10.5 Å². The molecular formula is C18H16N4O. The number of methoxy groups -OCH3 is 1. The lowest BCUT2D eigenvalue weighted by Crippen LogP contribution is -1.97. The Labute approximate surface area is 133 Å². The normalized spacial score (nSPS) is 11.2. The van der Waals surface area contributed by atoms with Crippen molar-refractivity contribution in [2.75, 3.05) is 12.8 Å². The summed E-state index contributed by atoms with van der Waals surface area (Å²) in [4.78, 5) is 0. The van der Waals surface area contributed by atoms with Crippen LogP contribution in [0.15, 0.2) is 48.5 Å². The monoisotopic (exact) mass is 304 g/mol. The number of aryl methyl sites for hydroxylation is 1. The van der Waals surface area contributed by atoms with Crippen molar-refractivity contribution in [2.24, 2.45) is 0 Å². The first-order chi connectivity index (χ1) is 11.2. The Bertz CT molecular complexity index is 1040. The van der Waals surface area contributed by atoms with Crippen LogP contribution in [-0.4, -0.2) is 21.7 Å². The minimum atomic E-state index is 0.661. The van der Waals surface area contributed by atoms with Crippen LogP contribution in [0.25, 0.3) is 27.9 Å². The predicted octanol–water partition coefficient (Wildman–Crippen LogP) is 3.45. The number of fused-ring (bicyclic) bond motifs is 3. The molecule has 4 aromatic rings. The van der Waals surface area contributed by atoms with Crippen LogP contribution in [-0.2, 0) is 0 Å². The average molecular weight is 304 g/mol. The van der Waals surface area contributed by atoms with E-state index in [9.17, 15) is 0 Å². The van der Waals surface area contributed by atoms with Crippen LogP contribution in [0, 0.1) is 6.92 Å². The molecule has 0 aliphatic heterocycles. The van der Waals surface area contributed by atoms with Crippen LogP contribution in [0.3, 0.4) is 0 Å². The zero-order valence-electron chi connectivity index (χ0n) is 12.9. The lowest BCUT2D eigenvalue weighted by atomic mass is 10.1. The molecule has 4 rings (SSSR count). The maximum atomic E-state index is 5.96. The molecule has 0 saturated carbocycles. The maximum absolute atomic E-state index is 5.96. The number of benzene rings is 2. The Balaban J connectivity index is 2.14. The molecule has 0 saturated heterocycles. The second-order valence-corrected chi connectivity index (χ2v) is 5.52. The summed E-state index contributed by atoms with van der Waals surface area (Å²) in [5.41, 5.74) is 10.5. The summed E-state index contributed by atoms with van der Waals surface area (Å²) in [6, 6.07) is 15.8. The van der Waals surface area contributed by atoms with E-state index < -0.39 is 0 Å². The molecule has 0 radical (unpaired) electrons. The van der Waals surface area contributed by atoms with Crippen molar-refractivity contribution in [3.63, 3.8) is 0 Å². The van der Waals surface area contributed by atoms with Gasteiger partial charge < -0.3 is 10.5 Å². The van der Waals surface area contributed by atoms with Crippen molar-refractivity contribution in [2.45, 2.75) is 6.92 Å². The largest absolute Gasteiger partial charge is 0.496 e. The number of nitrogen functional groups attached to an aromatic ring is 1. The van der Waals surface area contributed by atoms with Gasteiger partial charge in [-0.2, -0.15) is 0 Å². The summed E-state index contributed by atoms with van der Waals surface area (Å²) in [5, 5.41) is 9.88. The summed E-state index contributed by atoms with van der Waals surface area (Å²) < 4.78 is 7.51. The molecule has 0 aliphatic rings. The maximum Gasteiger partial charge on any atom is 0.172 e. The Morgan fingerprint density at radius 3 is 2.70 bits per heavy atom. The Hall–Kier alpha value is -3.08. The van der Waals surface area contributed by atoms with Crippen LogP contribution >= 0.6 is 0 Å². The van der Waals surface area contributed by atoms with Gasteiger partial charge in [-0.1, -0.05) is 18.2 Å². The van der Waals surface area contributed by atoms with Gasteiger partial charge in [0.15, 0.2) is 11.5 Å². The lowest BCUT2D eigenvalue weighted by molar-refractivity contribution is 0.416. The van der Waals surface area contributed by atoms with Gasteiger partial charge in [0.25, 0.3) is 0 Å². The van der Waals surface area contributed by atoms with Gasteiger partial charge in [0.2, 0.25) is 0 Å². The summed E-state index contributed by atoms with van der Waals surface area (Å²) >= 11 is 0. The van der Waals surface area contributed by atoms with Gasteiger partial charge in [0.05, 0.1) is 18.2 Å². The smallest absolute Gasteiger partial charge is 0.172 e. The summed E-state index contributed by atoms with van der Waals surface area (Å²) in [6.07, 6.45) is 0. The van der Waals surface area contributed by atoms with Crippen LogP contribution in [0.2, 0.25) is 0 Å². The third kappa shape index (κ3) is 2.01. The van der Waals surface area contributed by atoms with Crippen molar-refractivity contribution < 1.29 is 4.74 Å². The number of nitrogens with two attached hydrogens (primary N) is 1. The van der Waals surface area contributed by atoms with Crippen molar-refractivity contribution in [1.82, 2.24) is 14.6 Å². The Morgan fingerprint density at radius 1 is 1.04 bits per heavy atom. The second-order valence-electron chi connectivity index (χ2n) is 5.52. The molecule has 2 N–H and O–H groups in total. The fourth-order valence-electron chi connectivity index (χ4n) is 2.98. The van der Waals surface area contributed by atoms with E-state index in [0.717, 1.165) is 28.3 Å². The molecule has 23 heavy (non-hydrogen) atoms. The van der Waals surface area contributed by atoms with E-state index in [1.807, 2.05) is 40.8 Å². The zero-order chi connectivity index (χ0) is 16.0. The summed E-state index contributed by atoms with van der Waals surface area (Å²) in [7, 11) is 1.64. The molecule has 2 aromatic heterocycles. The van der Waals surface area contributed by atoms with E-state index in [2.05, 4.69) is 29.3 Å². The highest BCUT2D eigenvalue weighted by Gasteiger charge is 2.16. The quantitative estimate of drug-likeness (QED) is 0.576. The first-order valence-electron chi connectivity index (χ1n) is 7.36. The fourth-order valence-corrected chi connectivity index (χ4v) is 2.98. The summed E-state index contributed by atoms with van der Waals surface area (Å²) in [5.74, 6) is 1.44. The molecule has 0 bridgehead atoms. The van der Waals surface area contributed by atoms with Crippen molar-refractivity contribution in [3.8, 4) is 17.1 Å². The first kappa shape index (κ1) is 13.6. The Kier molecular flexibility index (Phi) is 2.94. The molecule has 2 aromatic carbocycles. The molecule has 0 atom stereocenters. The van der Waals surface area contributed by atoms with Crippen LogP contribution in [0.4, 0.5) is 5.69 Å². The number of hydrogen-bond acceptors (Lipinski definition) is 4. The SMILES string of the molecule is COc1ccc(N)cc1-c1nnc2cc(C)c3ccccc3n12. The van der Waals surface area contributed by atoms with Gasteiger partial charge >= 0.3 is 0 Å². The lowest BCUT2D eigenvalue weighted by Gasteiger charge is -2.10. The molecule has 114 valence electrons. The standard InChI is InChI=1S/C18H16N4O/c1-11-9-17-20-21-18(14-10-12(19)7-8-16(14)23-2)22(17)15-6-4-3-5-13(11)15/h3-10H,19H2,1-2H3. The third-order valence-corrected chi connectivity index (χ3v) is 4.07. The number of anilines is 1. The molecule has 0 unspecified atom stereocenters. The van der Waals surface area contributed by atoms with Gasteiger partial charge in [-0.3, -0.25) is 4.40 Å². The van der Waals surface area contributed by atoms with Crippen LogP contribution in [0.5, 0.6) is 5.75 Å². The molecule has 5 heteroatoms. The number of aromatic nitrogens is 3. The minimum absolute atomic E-state index is 0.661. The molecular weight excluding hydrogens is 288 g/mol. The topological polar surface area (TPSA) is 65.4 Å². The van der Waals surface area contributed by atoms with Gasteiger partial charge in [0.1, 0.15) is 5.75 Å². The van der Waals surface area contributed by atoms with E-state index in [0.29, 0.717) is 5.69 Å². The van der Waals surface area contributed by atoms with E-state index >= 15 is 0 Å². The average Bonchev–Trinajstić information content (AvgIpc) is 2.99. The minimum Gasteiger partial charge on any atom is -0.496 e. The highest BCUT2D eigenvalue weighted by Crippen LogP contribution is 2.33. The molecule has 0 aliphatic carbocycles. The van der Waals surface area contributed by atoms with Crippen molar-refractivity contribution in [1.29, 1.82) is 0 Å². The van der Waals surface area contributed by atoms with Gasteiger partial charge in [-0.05, 0) is 42.8 Å². The van der Waals surface area contributed by atoms with Crippen LogP contribution in [0.1, 0.15) is 5.56 Å². The predicted molar refractivity (Wildman–Crippen MR) is 91.6 cm³/mol. The molecule has 2 heterocycles. The van der Waals surface area contributed by atoms with Crippen molar-refractivity contribution >= 4 is 22.2 Å². The molecule has 5 nitrogen and oxygen atoms in total. The highest BCUT2D eigenvalue weighted by atomic mass is 16.5. The molecule has 0 spiro atoms.